The fourth-order valence-corrected chi connectivity index (χ4v) is 1.52. The number of benzene rings is 1. The molecule has 0 amide bonds. The molecule has 3 nitrogen and oxygen atoms in total. The van der Waals surface area contributed by atoms with Gasteiger partial charge < -0.3 is 9.47 Å². The molecule has 0 fully saturated rings. The maximum atomic E-state index is 8.39. The summed E-state index contributed by atoms with van der Waals surface area (Å²) in [6.07, 6.45) is 3.49. The van der Waals surface area contributed by atoms with E-state index in [1.807, 2.05) is 19.1 Å². The molecule has 0 saturated carbocycles. The van der Waals surface area contributed by atoms with Crippen LogP contribution in [-0.4, -0.2) is 0 Å². The quantitative estimate of drug-likeness (QED) is 0.653. The van der Waals surface area contributed by atoms with Crippen LogP contribution in [0.4, 0.5) is 0 Å². The minimum Gasteiger partial charge on any atom is -0.457 e. The fourth-order valence-electron chi connectivity index (χ4n) is 1.52. The van der Waals surface area contributed by atoms with Gasteiger partial charge in [0.25, 0.3) is 6.26 Å². The Balaban J connectivity index is 2.47. The minimum atomic E-state index is 0.471. The van der Waals surface area contributed by atoms with Crippen LogP contribution in [0.25, 0.3) is 5.57 Å². The summed E-state index contributed by atoms with van der Waals surface area (Å²) in [5.74, 6) is 1.74. The van der Waals surface area contributed by atoms with Crippen molar-refractivity contribution in [3.63, 3.8) is 0 Å². The highest BCUT2D eigenvalue weighted by Gasteiger charge is 2.13. The molecule has 1 aromatic rings. The predicted octanol–water partition coefficient (Wildman–Crippen LogP) is 2.86. The molecule has 0 saturated heterocycles. The number of ether oxygens (including phenoxy) is 2. The number of hydrogen-bond acceptors (Lipinski definition) is 3. The molecule has 1 aliphatic heterocycles. The molecule has 1 heterocycles. The van der Waals surface area contributed by atoms with Crippen LogP contribution in [0.5, 0.6) is 11.5 Å². The van der Waals surface area contributed by atoms with Crippen LogP contribution in [0.2, 0.25) is 0 Å². The fraction of sp³-hybridized carbons (Fsp3) is 0.0833. The number of hydrogen-bond donors (Lipinski definition) is 0. The zero-order valence-electron chi connectivity index (χ0n) is 8.28. The molecule has 0 bridgehead atoms. The third-order valence-corrected chi connectivity index (χ3v) is 2.16. The van der Waals surface area contributed by atoms with E-state index in [0.29, 0.717) is 17.3 Å². The van der Waals surface area contributed by atoms with Gasteiger partial charge in [0.2, 0.25) is 0 Å². The summed E-state index contributed by atoms with van der Waals surface area (Å²) in [4.78, 5) is 0. The van der Waals surface area contributed by atoms with Gasteiger partial charge >= 0.3 is 0 Å². The Morgan fingerprint density at radius 3 is 3.00 bits per heavy atom. The highest BCUT2D eigenvalue weighted by Crippen LogP contribution is 2.35. The number of rotatable bonds is 1. The second-order valence-electron chi connectivity index (χ2n) is 3.25. The van der Waals surface area contributed by atoms with E-state index in [1.54, 1.807) is 18.4 Å². The van der Waals surface area contributed by atoms with Crippen molar-refractivity contribution in [1.29, 1.82) is 5.26 Å². The Morgan fingerprint density at radius 1 is 1.47 bits per heavy atom. The molecule has 1 aliphatic rings. The third kappa shape index (κ3) is 1.70. The van der Waals surface area contributed by atoms with Gasteiger partial charge in [-0.15, -0.1) is 5.26 Å². The maximum Gasteiger partial charge on any atom is 0.292 e. The monoisotopic (exact) mass is 199 g/mol. The average Bonchev–Trinajstić information content (AvgIpc) is 2.17. The maximum absolute atomic E-state index is 8.39. The zero-order valence-corrected chi connectivity index (χ0v) is 8.28. The van der Waals surface area contributed by atoms with E-state index >= 15 is 0 Å². The molecule has 0 atom stereocenters. The molecular weight excluding hydrogens is 190 g/mol. The molecule has 0 N–H and O–H groups in total. The second kappa shape index (κ2) is 3.50. The zero-order chi connectivity index (χ0) is 10.8. The van der Waals surface area contributed by atoms with Crippen molar-refractivity contribution < 1.29 is 9.47 Å². The lowest BCUT2D eigenvalue weighted by atomic mass is 10.0. The second-order valence-corrected chi connectivity index (χ2v) is 3.25. The molecule has 2 rings (SSSR count). The molecule has 0 radical (unpaired) electrons. The van der Waals surface area contributed by atoms with E-state index in [-0.39, 0.29) is 0 Å². The topological polar surface area (TPSA) is 42.2 Å². The first-order valence-electron chi connectivity index (χ1n) is 4.46. The summed E-state index contributed by atoms with van der Waals surface area (Å²) in [5.41, 5.74) is 2.08. The molecule has 15 heavy (non-hydrogen) atoms. The molecule has 0 aromatic heterocycles. The van der Waals surface area contributed by atoms with Gasteiger partial charge in [-0.3, -0.25) is 0 Å². The minimum absolute atomic E-state index is 0.471. The smallest absolute Gasteiger partial charge is 0.292 e. The number of nitrogens with zero attached hydrogens (tertiary/aromatic N) is 1. The van der Waals surface area contributed by atoms with Crippen molar-refractivity contribution in [1.82, 2.24) is 0 Å². The largest absolute Gasteiger partial charge is 0.457 e. The van der Waals surface area contributed by atoms with Gasteiger partial charge in [0.15, 0.2) is 0 Å². The number of nitriles is 1. The standard InChI is InChI=1S/C12H9NO2/c1-8-5-9(2)15-12-6-10(14-7-13)3-4-11(8)12/h3-6H,2H2,1H3. The van der Waals surface area contributed by atoms with Crippen LogP contribution in [0, 0.1) is 11.5 Å². The Morgan fingerprint density at radius 2 is 2.27 bits per heavy atom. The lowest BCUT2D eigenvalue weighted by molar-refractivity contribution is 0.434. The summed E-state index contributed by atoms with van der Waals surface area (Å²) < 4.78 is 10.1. The summed E-state index contributed by atoms with van der Waals surface area (Å²) in [6.45, 7) is 5.72. The first kappa shape index (κ1) is 9.35. The van der Waals surface area contributed by atoms with E-state index in [2.05, 4.69) is 6.58 Å². The van der Waals surface area contributed by atoms with E-state index in [9.17, 15) is 0 Å². The van der Waals surface area contributed by atoms with Gasteiger partial charge in [-0.25, -0.2) is 0 Å². The Labute approximate surface area is 87.9 Å². The van der Waals surface area contributed by atoms with Crippen molar-refractivity contribution in [2.45, 2.75) is 6.92 Å². The molecule has 1 aromatic carbocycles. The Kier molecular flexibility index (Phi) is 2.18. The molecule has 74 valence electrons. The van der Waals surface area contributed by atoms with E-state index in [1.165, 1.54) is 0 Å². The lowest BCUT2D eigenvalue weighted by Gasteiger charge is -2.17. The Hall–Kier alpha value is -2.21. The molecular formula is C12H9NO2. The summed E-state index contributed by atoms with van der Waals surface area (Å²) >= 11 is 0. The van der Waals surface area contributed by atoms with Gasteiger partial charge in [0.1, 0.15) is 17.3 Å². The van der Waals surface area contributed by atoms with Crippen molar-refractivity contribution in [2.24, 2.45) is 0 Å². The van der Waals surface area contributed by atoms with Crippen molar-refractivity contribution in [2.75, 3.05) is 0 Å². The number of allylic oxidation sites excluding steroid dienone is 2. The first-order valence-corrected chi connectivity index (χ1v) is 4.46. The van der Waals surface area contributed by atoms with E-state index in [4.69, 9.17) is 14.7 Å². The SMILES string of the molecule is C=C1C=C(C)c2ccc(OC#N)cc2O1. The first-order chi connectivity index (χ1) is 7.20. The van der Waals surface area contributed by atoms with Crippen LogP contribution in [-0.2, 0) is 0 Å². The highest BCUT2D eigenvalue weighted by molar-refractivity contribution is 5.74. The van der Waals surface area contributed by atoms with E-state index < -0.39 is 0 Å². The van der Waals surface area contributed by atoms with Crippen molar-refractivity contribution >= 4 is 5.57 Å². The van der Waals surface area contributed by atoms with Gasteiger partial charge in [0, 0.05) is 11.6 Å². The van der Waals surface area contributed by atoms with Gasteiger partial charge in [-0.2, -0.15) is 0 Å². The van der Waals surface area contributed by atoms with Crippen LogP contribution >= 0.6 is 0 Å². The summed E-state index contributed by atoms with van der Waals surface area (Å²) in [5, 5.41) is 8.39. The van der Waals surface area contributed by atoms with Crippen LogP contribution < -0.4 is 9.47 Å². The average molecular weight is 199 g/mol. The Bertz CT molecular complexity index is 495. The van der Waals surface area contributed by atoms with Gasteiger partial charge in [0.05, 0.1) is 0 Å². The van der Waals surface area contributed by atoms with Crippen LogP contribution in [0.15, 0.2) is 36.6 Å². The van der Waals surface area contributed by atoms with Crippen molar-refractivity contribution in [3.05, 3.63) is 42.2 Å². The predicted molar refractivity (Wildman–Crippen MR) is 56.1 cm³/mol. The van der Waals surface area contributed by atoms with Crippen LogP contribution in [0.3, 0.4) is 0 Å². The molecule has 0 spiro atoms. The van der Waals surface area contributed by atoms with Gasteiger partial charge in [-0.1, -0.05) is 6.58 Å². The normalized spacial score (nSPS) is 13.3. The third-order valence-electron chi connectivity index (χ3n) is 2.16. The van der Waals surface area contributed by atoms with E-state index in [0.717, 1.165) is 11.1 Å². The molecule has 0 unspecified atom stereocenters. The molecule has 3 heteroatoms. The summed E-state index contributed by atoms with van der Waals surface area (Å²) in [6, 6.07) is 5.28. The lowest BCUT2D eigenvalue weighted by Crippen LogP contribution is -2.00. The van der Waals surface area contributed by atoms with Crippen LogP contribution in [0.1, 0.15) is 12.5 Å². The van der Waals surface area contributed by atoms with Crippen molar-refractivity contribution in [3.8, 4) is 17.8 Å². The summed E-state index contributed by atoms with van der Waals surface area (Å²) in [7, 11) is 0. The number of fused-ring (bicyclic) bond motifs is 1. The van der Waals surface area contributed by atoms with Gasteiger partial charge in [-0.05, 0) is 30.7 Å². The molecule has 0 aliphatic carbocycles. The highest BCUT2D eigenvalue weighted by atomic mass is 16.5.